The number of carboxylic acid groups (broad SMARTS) is 1. The van der Waals surface area contributed by atoms with Gasteiger partial charge in [-0.2, -0.15) is 0 Å². The molecule has 104 valence electrons. The van der Waals surface area contributed by atoms with Crippen molar-refractivity contribution in [3.63, 3.8) is 0 Å². The van der Waals surface area contributed by atoms with E-state index < -0.39 is 12.0 Å². The molecule has 2 rings (SSSR count). The third-order valence-corrected chi connectivity index (χ3v) is 3.23. The first-order valence-electron chi connectivity index (χ1n) is 6.29. The quantitative estimate of drug-likeness (QED) is 0.887. The number of anilines is 1. The van der Waals surface area contributed by atoms with Crippen molar-refractivity contribution in [2.75, 3.05) is 5.32 Å². The lowest BCUT2D eigenvalue weighted by Crippen LogP contribution is -2.20. The average molecular weight is 290 g/mol. The van der Waals surface area contributed by atoms with Crippen LogP contribution in [0.15, 0.2) is 42.5 Å². The fourth-order valence-corrected chi connectivity index (χ4v) is 2.29. The monoisotopic (exact) mass is 289 g/mol. The fourth-order valence-electron chi connectivity index (χ4n) is 2.17. The molecule has 1 atom stereocenters. The highest BCUT2D eigenvalue weighted by Crippen LogP contribution is 2.23. The number of carboxylic acids is 1. The van der Waals surface area contributed by atoms with Gasteiger partial charge in [0, 0.05) is 10.7 Å². The van der Waals surface area contributed by atoms with E-state index >= 15 is 0 Å². The number of halogens is 1. The van der Waals surface area contributed by atoms with Gasteiger partial charge in [0.15, 0.2) is 6.04 Å². The van der Waals surface area contributed by atoms with Gasteiger partial charge in [0.1, 0.15) is 0 Å². The molecule has 2 N–H and O–H groups in total. The van der Waals surface area contributed by atoms with Crippen LogP contribution in [0.25, 0.3) is 0 Å². The summed E-state index contributed by atoms with van der Waals surface area (Å²) in [5.74, 6) is -0.925. The zero-order valence-corrected chi connectivity index (χ0v) is 12.1. The van der Waals surface area contributed by atoms with Crippen LogP contribution in [0.4, 0.5) is 5.69 Å². The highest BCUT2D eigenvalue weighted by molar-refractivity contribution is 6.30. The van der Waals surface area contributed by atoms with Crippen LogP contribution in [0.1, 0.15) is 22.7 Å². The van der Waals surface area contributed by atoms with Gasteiger partial charge in [-0.15, -0.1) is 0 Å². The van der Waals surface area contributed by atoms with Crippen molar-refractivity contribution in [2.45, 2.75) is 19.9 Å². The number of hydrogen-bond acceptors (Lipinski definition) is 2. The van der Waals surface area contributed by atoms with Gasteiger partial charge in [0.25, 0.3) is 0 Å². The van der Waals surface area contributed by atoms with Gasteiger partial charge in [-0.3, -0.25) is 0 Å². The van der Waals surface area contributed by atoms with E-state index in [0.29, 0.717) is 10.6 Å². The number of rotatable bonds is 4. The summed E-state index contributed by atoms with van der Waals surface area (Å²) < 4.78 is 0. The Bertz CT molecular complexity index is 603. The van der Waals surface area contributed by atoms with E-state index in [0.717, 1.165) is 16.8 Å². The minimum absolute atomic E-state index is 0.587. The minimum atomic E-state index is -0.925. The molecule has 0 radical (unpaired) electrons. The van der Waals surface area contributed by atoms with Crippen LogP contribution >= 0.6 is 11.6 Å². The topological polar surface area (TPSA) is 49.3 Å². The van der Waals surface area contributed by atoms with Crippen LogP contribution in [0, 0.1) is 13.8 Å². The van der Waals surface area contributed by atoms with Crippen LogP contribution in [0.3, 0.4) is 0 Å². The fraction of sp³-hybridized carbons (Fsp3) is 0.188. The molecule has 0 heterocycles. The first-order valence-corrected chi connectivity index (χ1v) is 6.66. The second-order valence-electron chi connectivity index (χ2n) is 4.84. The van der Waals surface area contributed by atoms with Crippen LogP contribution < -0.4 is 5.32 Å². The number of nitrogens with one attached hydrogen (secondary N) is 1. The Morgan fingerprint density at radius 3 is 2.15 bits per heavy atom. The average Bonchev–Trinajstić information content (AvgIpc) is 2.36. The largest absolute Gasteiger partial charge is 0.479 e. The Balaban J connectivity index is 2.30. The van der Waals surface area contributed by atoms with Crippen LogP contribution in [-0.2, 0) is 4.79 Å². The van der Waals surface area contributed by atoms with Crippen LogP contribution in [0.2, 0.25) is 5.02 Å². The molecule has 4 heteroatoms. The van der Waals surface area contributed by atoms with Gasteiger partial charge in [-0.1, -0.05) is 29.8 Å². The number of hydrogen-bond donors (Lipinski definition) is 2. The molecule has 20 heavy (non-hydrogen) atoms. The Hall–Kier alpha value is -2.00. The minimum Gasteiger partial charge on any atom is -0.479 e. The number of carbonyl (C=O) groups is 1. The molecule has 0 aliphatic rings. The molecule has 0 fully saturated rings. The highest BCUT2D eigenvalue weighted by Gasteiger charge is 2.19. The summed E-state index contributed by atoms with van der Waals surface area (Å²) in [6, 6.07) is 11.9. The van der Waals surface area contributed by atoms with Gasteiger partial charge < -0.3 is 10.4 Å². The Morgan fingerprint density at radius 2 is 1.65 bits per heavy atom. The predicted octanol–water partition coefficient (Wildman–Crippen LogP) is 4.19. The third kappa shape index (κ3) is 3.52. The van der Waals surface area contributed by atoms with Gasteiger partial charge in [0.2, 0.25) is 0 Å². The molecule has 3 nitrogen and oxygen atoms in total. The third-order valence-electron chi connectivity index (χ3n) is 2.98. The van der Waals surface area contributed by atoms with E-state index in [1.807, 2.05) is 32.0 Å². The molecule has 2 aromatic carbocycles. The molecule has 2 aromatic rings. The van der Waals surface area contributed by atoms with Crippen molar-refractivity contribution in [1.29, 1.82) is 0 Å². The summed E-state index contributed by atoms with van der Waals surface area (Å²) in [5, 5.41) is 13.0. The highest BCUT2D eigenvalue weighted by atomic mass is 35.5. The molecule has 0 saturated carbocycles. The standard InChI is InChI=1S/C16H16ClNO2/c1-10-7-11(2)9-14(8-10)18-15(16(19)20)12-3-5-13(17)6-4-12/h3-9,15,18H,1-2H3,(H,19,20). The second-order valence-corrected chi connectivity index (χ2v) is 5.28. The van der Waals surface area contributed by atoms with Crippen molar-refractivity contribution in [2.24, 2.45) is 0 Å². The molecule has 1 unspecified atom stereocenters. The lowest BCUT2D eigenvalue weighted by atomic mass is 10.1. The first kappa shape index (κ1) is 14.4. The number of benzene rings is 2. The van der Waals surface area contributed by atoms with Crippen molar-refractivity contribution < 1.29 is 9.90 Å². The van der Waals surface area contributed by atoms with Crippen molar-refractivity contribution >= 4 is 23.3 Å². The molecular formula is C16H16ClNO2. The molecule has 0 saturated heterocycles. The van der Waals surface area contributed by atoms with Gasteiger partial charge in [-0.05, 0) is 54.8 Å². The normalized spacial score (nSPS) is 11.9. The molecule has 0 aliphatic heterocycles. The molecule has 0 bridgehead atoms. The van der Waals surface area contributed by atoms with E-state index in [4.69, 9.17) is 11.6 Å². The summed E-state index contributed by atoms with van der Waals surface area (Å²) >= 11 is 5.83. The summed E-state index contributed by atoms with van der Waals surface area (Å²) in [6.07, 6.45) is 0. The van der Waals surface area contributed by atoms with Gasteiger partial charge >= 0.3 is 5.97 Å². The van der Waals surface area contributed by atoms with Gasteiger partial charge in [-0.25, -0.2) is 4.79 Å². The van der Waals surface area contributed by atoms with E-state index in [9.17, 15) is 9.90 Å². The SMILES string of the molecule is Cc1cc(C)cc(NC(C(=O)O)c2ccc(Cl)cc2)c1. The maximum Gasteiger partial charge on any atom is 0.330 e. The lowest BCUT2D eigenvalue weighted by Gasteiger charge is -2.17. The summed E-state index contributed by atoms with van der Waals surface area (Å²) in [5.41, 5.74) is 3.64. The molecule has 0 aliphatic carbocycles. The van der Waals surface area contributed by atoms with E-state index in [2.05, 4.69) is 5.32 Å². The Labute approximate surface area is 123 Å². The van der Waals surface area contributed by atoms with E-state index in [1.54, 1.807) is 24.3 Å². The summed E-state index contributed by atoms with van der Waals surface area (Å²) in [4.78, 5) is 11.5. The van der Waals surface area contributed by atoms with Crippen molar-refractivity contribution in [3.05, 3.63) is 64.2 Å². The first-order chi connectivity index (χ1) is 9.45. The molecule has 0 aromatic heterocycles. The molecule has 0 amide bonds. The molecular weight excluding hydrogens is 274 g/mol. The summed E-state index contributed by atoms with van der Waals surface area (Å²) in [7, 11) is 0. The van der Waals surface area contributed by atoms with Crippen molar-refractivity contribution in [1.82, 2.24) is 0 Å². The lowest BCUT2D eigenvalue weighted by molar-refractivity contribution is -0.138. The number of aliphatic carboxylic acids is 1. The van der Waals surface area contributed by atoms with Crippen LogP contribution in [-0.4, -0.2) is 11.1 Å². The maximum atomic E-state index is 11.5. The van der Waals surface area contributed by atoms with Crippen molar-refractivity contribution in [3.8, 4) is 0 Å². The number of aryl methyl sites for hydroxylation is 2. The van der Waals surface area contributed by atoms with E-state index in [1.165, 1.54) is 0 Å². The maximum absolute atomic E-state index is 11.5. The molecule has 0 spiro atoms. The second kappa shape index (κ2) is 5.97. The zero-order chi connectivity index (χ0) is 14.7. The summed E-state index contributed by atoms with van der Waals surface area (Å²) in [6.45, 7) is 3.96. The predicted molar refractivity (Wildman–Crippen MR) is 81.4 cm³/mol. The van der Waals surface area contributed by atoms with Crippen LogP contribution in [0.5, 0.6) is 0 Å². The van der Waals surface area contributed by atoms with E-state index in [-0.39, 0.29) is 0 Å². The zero-order valence-electron chi connectivity index (χ0n) is 11.4. The smallest absolute Gasteiger partial charge is 0.330 e. The Morgan fingerprint density at radius 1 is 1.10 bits per heavy atom. The van der Waals surface area contributed by atoms with Gasteiger partial charge in [0.05, 0.1) is 0 Å². The Kier molecular flexibility index (Phi) is 4.30.